The molecule has 0 radical (unpaired) electrons. The van der Waals surface area contributed by atoms with Crippen molar-refractivity contribution in [1.82, 2.24) is 5.32 Å². The molecule has 1 aromatic rings. The number of nitrogens with one attached hydrogen (secondary N) is 1. The molecule has 0 aliphatic carbocycles. The van der Waals surface area contributed by atoms with E-state index < -0.39 is 5.54 Å². The zero-order valence-electron chi connectivity index (χ0n) is 10.4. The first-order valence-electron chi connectivity index (χ1n) is 5.79. The third kappa shape index (κ3) is 2.56. The van der Waals surface area contributed by atoms with Crippen molar-refractivity contribution in [2.24, 2.45) is 0 Å². The first-order valence-corrected chi connectivity index (χ1v) is 6.58. The van der Waals surface area contributed by atoms with Crippen molar-refractivity contribution >= 4 is 33.4 Å². The van der Waals surface area contributed by atoms with Crippen LogP contribution in [-0.4, -0.2) is 23.9 Å². The molecule has 96 valence electrons. The number of rotatable bonds is 1. The average molecular weight is 311 g/mol. The zero-order chi connectivity index (χ0) is 13.3. The van der Waals surface area contributed by atoms with Gasteiger partial charge in [-0.1, -0.05) is 15.9 Å². The van der Waals surface area contributed by atoms with E-state index in [-0.39, 0.29) is 11.8 Å². The molecule has 0 bridgehead atoms. The van der Waals surface area contributed by atoms with Crippen molar-refractivity contribution in [3.8, 4) is 0 Å². The van der Waals surface area contributed by atoms with Crippen LogP contribution in [0.15, 0.2) is 28.7 Å². The molecule has 4 nitrogen and oxygen atoms in total. The summed E-state index contributed by atoms with van der Waals surface area (Å²) in [5, 5.41) is 2.74. The highest BCUT2D eigenvalue weighted by Crippen LogP contribution is 2.23. The van der Waals surface area contributed by atoms with Crippen LogP contribution < -0.4 is 10.2 Å². The number of hydrogen-bond donors (Lipinski definition) is 1. The van der Waals surface area contributed by atoms with Gasteiger partial charge in [0.25, 0.3) is 5.91 Å². The number of halogens is 1. The molecular formula is C13H15BrN2O2. The van der Waals surface area contributed by atoms with Gasteiger partial charge in [0.1, 0.15) is 5.54 Å². The molecule has 1 heterocycles. The standard InChI is InChI=1S/C13H15BrN2O2/c1-13(2)12(18)16(8-7-11(17)15-13)10-5-3-9(14)4-6-10/h3-6H,7-8H2,1-2H3,(H,15,17). The molecule has 1 saturated heterocycles. The zero-order valence-corrected chi connectivity index (χ0v) is 12.0. The van der Waals surface area contributed by atoms with Crippen molar-refractivity contribution in [2.75, 3.05) is 11.4 Å². The summed E-state index contributed by atoms with van der Waals surface area (Å²) in [6.45, 7) is 3.87. The SMILES string of the molecule is CC1(C)NC(=O)CCN(c2ccc(Br)cc2)C1=O. The van der Waals surface area contributed by atoms with Crippen molar-refractivity contribution < 1.29 is 9.59 Å². The van der Waals surface area contributed by atoms with Gasteiger partial charge >= 0.3 is 0 Å². The molecule has 0 spiro atoms. The van der Waals surface area contributed by atoms with E-state index in [2.05, 4.69) is 21.2 Å². The van der Waals surface area contributed by atoms with Crippen LogP contribution in [0.4, 0.5) is 5.69 Å². The second-order valence-electron chi connectivity index (χ2n) is 4.86. The third-order valence-electron chi connectivity index (χ3n) is 2.93. The highest BCUT2D eigenvalue weighted by atomic mass is 79.9. The van der Waals surface area contributed by atoms with Gasteiger partial charge in [-0.25, -0.2) is 0 Å². The van der Waals surface area contributed by atoms with Crippen molar-refractivity contribution in [3.05, 3.63) is 28.7 Å². The minimum atomic E-state index is -0.860. The van der Waals surface area contributed by atoms with E-state index in [9.17, 15) is 9.59 Å². The summed E-state index contributed by atoms with van der Waals surface area (Å²) in [7, 11) is 0. The normalized spacial score (nSPS) is 19.4. The molecule has 1 aromatic carbocycles. The molecule has 18 heavy (non-hydrogen) atoms. The fourth-order valence-corrected chi connectivity index (χ4v) is 2.25. The number of carbonyl (C=O) groups excluding carboxylic acids is 2. The predicted octanol–water partition coefficient (Wildman–Crippen LogP) is 2.08. The van der Waals surface area contributed by atoms with Crippen molar-refractivity contribution in [2.45, 2.75) is 25.8 Å². The Morgan fingerprint density at radius 3 is 2.44 bits per heavy atom. The fourth-order valence-electron chi connectivity index (χ4n) is 1.98. The van der Waals surface area contributed by atoms with Crippen LogP contribution >= 0.6 is 15.9 Å². The van der Waals surface area contributed by atoms with E-state index in [1.165, 1.54) is 0 Å². The quantitative estimate of drug-likeness (QED) is 0.863. The second-order valence-corrected chi connectivity index (χ2v) is 5.77. The Hall–Kier alpha value is -1.36. The van der Waals surface area contributed by atoms with Gasteiger partial charge in [0.05, 0.1) is 0 Å². The van der Waals surface area contributed by atoms with Crippen molar-refractivity contribution in [1.29, 1.82) is 0 Å². The Labute approximate surface area is 114 Å². The Bertz CT molecular complexity index is 482. The highest BCUT2D eigenvalue weighted by molar-refractivity contribution is 9.10. The maximum atomic E-state index is 12.4. The number of amides is 2. The summed E-state index contributed by atoms with van der Waals surface area (Å²) in [5.41, 5.74) is -0.0477. The number of benzene rings is 1. The summed E-state index contributed by atoms with van der Waals surface area (Å²) in [6, 6.07) is 7.51. The number of hydrogen-bond acceptors (Lipinski definition) is 2. The molecule has 2 rings (SSSR count). The van der Waals surface area contributed by atoms with Gasteiger partial charge < -0.3 is 10.2 Å². The maximum absolute atomic E-state index is 12.4. The first kappa shape index (κ1) is 13.1. The van der Waals surface area contributed by atoms with Crippen LogP contribution in [-0.2, 0) is 9.59 Å². The molecule has 2 amide bonds. The Morgan fingerprint density at radius 1 is 1.22 bits per heavy atom. The van der Waals surface area contributed by atoms with E-state index in [0.717, 1.165) is 10.2 Å². The lowest BCUT2D eigenvalue weighted by atomic mass is 10.0. The van der Waals surface area contributed by atoms with Gasteiger partial charge in [0.15, 0.2) is 0 Å². The van der Waals surface area contributed by atoms with Crippen LogP contribution in [0.3, 0.4) is 0 Å². The summed E-state index contributed by atoms with van der Waals surface area (Å²) in [6.07, 6.45) is 0.325. The summed E-state index contributed by atoms with van der Waals surface area (Å²) in [4.78, 5) is 25.6. The van der Waals surface area contributed by atoms with Gasteiger partial charge in [-0.15, -0.1) is 0 Å². The molecule has 1 aliphatic heterocycles. The summed E-state index contributed by atoms with van der Waals surface area (Å²) >= 11 is 3.36. The van der Waals surface area contributed by atoms with Gasteiger partial charge in [0.2, 0.25) is 5.91 Å². The molecule has 5 heteroatoms. The fraction of sp³-hybridized carbons (Fsp3) is 0.385. The largest absolute Gasteiger partial charge is 0.342 e. The van der Waals surface area contributed by atoms with Gasteiger partial charge in [-0.2, -0.15) is 0 Å². The van der Waals surface area contributed by atoms with E-state index in [1.807, 2.05) is 24.3 Å². The minimum Gasteiger partial charge on any atom is -0.342 e. The van der Waals surface area contributed by atoms with Crippen molar-refractivity contribution in [3.63, 3.8) is 0 Å². The number of nitrogens with zero attached hydrogens (tertiary/aromatic N) is 1. The molecule has 1 N–H and O–H groups in total. The lowest BCUT2D eigenvalue weighted by Gasteiger charge is -2.28. The third-order valence-corrected chi connectivity index (χ3v) is 3.46. The van der Waals surface area contributed by atoms with Crippen LogP contribution in [0, 0.1) is 0 Å². The summed E-state index contributed by atoms with van der Waals surface area (Å²) < 4.78 is 0.960. The van der Waals surface area contributed by atoms with Crippen LogP contribution in [0.2, 0.25) is 0 Å². The van der Waals surface area contributed by atoms with Crippen LogP contribution in [0.25, 0.3) is 0 Å². The van der Waals surface area contributed by atoms with Crippen LogP contribution in [0.1, 0.15) is 20.3 Å². The van der Waals surface area contributed by atoms with E-state index in [0.29, 0.717) is 13.0 Å². The molecule has 1 aliphatic rings. The lowest BCUT2D eigenvalue weighted by Crippen LogP contribution is -2.53. The van der Waals surface area contributed by atoms with E-state index in [1.54, 1.807) is 18.7 Å². The lowest BCUT2D eigenvalue weighted by molar-refractivity contribution is -0.128. The minimum absolute atomic E-state index is 0.0873. The molecule has 1 fully saturated rings. The van der Waals surface area contributed by atoms with Crippen LogP contribution in [0.5, 0.6) is 0 Å². The molecule has 0 atom stereocenters. The monoisotopic (exact) mass is 310 g/mol. The highest BCUT2D eigenvalue weighted by Gasteiger charge is 2.36. The Morgan fingerprint density at radius 2 is 1.83 bits per heavy atom. The van der Waals surface area contributed by atoms with E-state index in [4.69, 9.17) is 0 Å². The molecule has 0 aromatic heterocycles. The number of carbonyl (C=O) groups is 2. The Kier molecular flexibility index (Phi) is 3.43. The second kappa shape index (κ2) is 4.72. The topological polar surface area (TPSA) is 49.4 Å². The van der Waals surface area contributed by atoms with E-state index >= 15 is 0 Å². The predicted molar refractivity (Wildman–Crippen MR) is 73.3 cm³/mol. The maximum Gasteiger partial charge on any atom is 0.252 e. The Balaban J connectivity index is 2.34. The molecule has 0 saturated carbocycles. The first-order chi connectivity index (χ1) is 8.40. The van der Waals surface area contributed by atoms with Gasteiger partial charge in [-0.3, -0.25) is 9.59 Å². The molecular weight excluding hydrogens is 296 g/mol. The summed E-state index contributed by atoms with van der Waals surface area (Å²) in [5.74, 6) is -0.177. The van der Waals surface area contributed by atoms with Gasteiger partial charge in [-0.05, 0) is 38.1 Å². The molecule has 0 unspecified atom stereocenters. The van der Waals surface area contributed by atoms with Gasteiger partial charge in [0, 0.05) is 23.1 Å². The smallest absolute Gasteiger partial charge is 0.252 e. The average Bonchev–Trinajstić information content (AvgIpc) is 2.39. The number of anilines is 1.